The highest BCUT2D eigenvalue weighted by Gasteiger charge is 2.68. The number of amides is 1. The van der Waals surface area contributed by atoms with Crippen molar-refractivity contribution in [2.24, 2.45) is 17.6 Å². The van der Waals surface area contributed by atoms with Crippen molar-refractivity contribution in [1.82, 2.24) is 4.90 Å². The summed E-state index contributed by atoms with van der Waals surface area (Å²) in [5.74, 6) is -12.0. The van der Waals surface area contributed by atoms with Gasteiger partial charge < -0.3 is 36.4 Å². The summed E-state index contributed by atoms with van der Waals surface area (Å²) < 4.78 is 0. The Hall–Kier alpha value is -3.74. The first kappa shape index (κ1) is 24.4. The maximum atomic E-state index is 13.8. The van der Waals surface area contributed by atoms with Gasteiger partial charge in [-0.1, -0.05) is 13.0 Å². The van der Waals surface area contributed by atoms with E-state index in [2.05, 4.69) is 0 Å². The zero-order valence-electron chi connectivity index (χ0n) is 18.9. The molecule has 1 aromatic carbocycles. The summed E-state index contributed by atoms with van der Waals surface area (Å²) in [6, 6.07) is 0.989. The molecule has 0 aromatic heterocycles. The van der Waals surface area contributed by atoms with Gasteiger partial charge in [0, 0.05) is 11.5 Å². The van der Waals surface area contributed by atoms with Crippen LogP contribution < -0.4 is 5.73 Å². The number of carbonyl (C=O) groups is 4. The number of likely N-dealkylation sites (N-methyl/N-ethyl adjacent to an activating group) is 1. The summed E-state index contributed by atoms with van der Waals surface area (Å²) in [5.41, 5.74) is -0.0870. The quantitative estimate of drug-likeness (QED) is 0.261. The fourth-order valence-corrected chi connectivity index (χ4v) is 5.79. The average molecular weight is 488 g/mol. The van der Waals surface area contributed by atoms with Crippen LogP contribution in [0.3, 0.4) is 0 Å². The molecule has 0 heterocycles. The number of aromatic carboxylic acids is 1. The molecule has 12 nitrogen and oxygen atoms in total. The number of fused-ring (bicyclic) bond motifs is 3. The van der Waals surface area contributed by atoms with Crippen LogP contribution in [-0.4, -0.2) is 90.8 Å². The summed E-state index contributed by atoms with van der Waals surface area (Å²) in [4.78, 5) is 51.6. The summed E-state index contributed by atoms with van der Waals surface area (Å²) in [6.07, 6.45) is -1.72. The summed E-state index contributed by atoms with van der Waals surface area (Å²) in [7, 11) is 2.82. The van der Waals surface area contributed by atoms with Crippen molar-refractivity contribution in [2.45, 2.75) is 30.6 Å². The Morgan fingerprint density at radius 1 is 1.11 bits per heavy atom. The van der Waals surface area contributed by atoms with Crippen molar-refractivity contribution in [3.63, 3.8) is 0 Å². The van der Waals surface area contributed by atoms with E-state index in [1.165, 1.54) is 25.1 Å². The molecule has 6 atom stereocenters. The van der Waals surface area contributed by atoms with E-state index in [-0.39, 0.29) is 11.1 Å². The predicted molar refractivity (Wildman–Crippen MR) is 117 cm³/mol. The highest BCUT2D eigenvalue weighted by Crippen LogP contribution is 2.56. The highest BCUT2D eigenvalue weighted by atomic mass is 16.4. The van der Waals surface area contributed by atoms with E-state index in [0.717, 1.165) is 6.07 Å². The second kappa shape index (κ2) is 7.63. The lowest BCUT2D eigenvalue weighted by molar-refractivity contribution is -0.169. The fourth-order valence-electron chi connectivity index (χ4n) is 5.79. The van der Waals surface area contributed by atoms with Gasteiger partial charge >= 0.3 is 5.97 Å². The number of Topliss-reactive ketones (excluding diaryl/α,β-unsaturated/α-hetero) is 2. The smallest absolute Gasteiger partial charge is 0.339 e. The van der Waals surface area contributed by atoms with Gasteiger partial charge in [0.1, 0.15) is 28.4 Å². The van der Waals surface area contributed by atoms with Crippen LogP contribution in [0.1, 0.15) is 34.3 Å². The van der Waals surface area contributed by atoms with Crippen molar-refractivity contribution >= 4 is 29.2 Å². The Kier molecular flexibility index (Phi) is 5.32. The summed E-state index contributed by atoms with van der Waals surface area (Å²) in [6.45, 7) is 1.55. The predicted octanol–water partition coefficient (Wildman–Crippen LogP) is -0.806. The number of phenols is 1. The molecule has 0 saturated heterocycles. The summed E-state index contributed by atoms with van der Waals surface area (Å²) in [5, 5.41) is 64.7. The third kappa shape index (κ3) is 2.90. The van der Waals surface area contributed by atoms with Gasteiger partial charge in [-0.3, -0.25) is 19.3 Å². The molecule has 12 heteroatoms. The second-order valence-corrected chi connectivity index (χ2v) is 9.28. The van der Waals surface area contributed by atoms with E-state index in [4.69, 9.17) is 5.73 Å². The van der Waals surface area contributed by atoms with Crippen molar-refractivity contribution < 1.29 is 49.8 Å². The van der Waals surface area contributed by atoms with Crippen molar-refractivity contribution in [2.75, 3.05) is 14.1 Å². The minimum Gasteiger partial charge on any atom is -0.508 e. The van der Waals surface area contributed by atoms with Gasteiger partial charge in [-0.2, -0.15) is 0 Å². The van der Waals surface area contributed by atoms with E-state index in [0.29, 0.717) is 0 Å². The number of carboxylic acid groups (broad SMARTS) is 1. The molecule has 1 fully saturated rings. The zero-order chi connectivity index (χ0) is 26.3. The van der Waals surface area contributed by atoms with E-state index in [1.54, 1.807) is 6.92 Å². The molecule has 1 amide bonds. The Morgan fingerprint density at radius 3 is 2.23 bits per heavy atom. The molecule has 3 aliphatic rings. The molecule has 0 bridgehead atoms. The number of hydrogen-bond donors (Lipinski definition) is 7. The first-order valence-electron chi connectivity index (χ1n) is 10.6. The number of primary amides is 1. The lowest BCUT2D eigenvalue weighted by atomic mass is 9.54. The van der Waals surface area contributed by atoms with Crippen LogP contribution in [-0.2, 0) is 14.4 Å². The van der Waals surface area contributed by atoms with Crippen LogP contribution in [0.15, 0.2) is 29.0 Å². The number of aliphatic hydroxyl groups excluding tert-OH is 3. The molecule has 186 valence electrons. The van der Waals surface area contributed by atoms with Gasteiger partial charge in [0.25, 0.3) is 5.91 Å². The number of nitrogens with zero attached hydrogens (tertiary/aromatic N) is 1. The Morgan fingerprint density at radius 2 is 1.71 bits per heavy atom. The number of ketones is 2. The molecule has 0 aliphatic heterocycles. The molecule has 8 N–H and O–H groups in total. The molecular formula is C23H24N2O10. The Bertz CT molecular complexity index is 1280. The Balaban J connectivity index is 2.07. The van der Waals surface area contributed by atoms with Gasteiger partial charge in [-0.05, 0) is 31.6 Å². The summed E-state index contributed by atoms with van der Waals surface area (Å²) >= 11 is 0. The number of carboxylic acids is 1. The topological polar surface area (TPSA) is 219 Å². The largest absolute Gasteiger partial charge is 0.508 e. The van der Waals surface area contributed by atoms with Gasteiger partial charge in [-0.15, -0.1) is 0 Å². The average Bonchev–Trinajstić information content (AvgIpc) is 2.75. The van der Waals surface area contributed by atoms with E-state index < -0.39 is 92.9 Å². The van der Waals surface area contributed by atoms with Gasteiger partial charge in [0.05, 0.1) is 23.6 Å². The standard InChI is InChI=1S/C23H24N2O10/c1-6-7-4-5-8(22(33)34)15(26)10(7)16(27)11-9(6)17(28)13-14(25(2)3)18(29)12(21(24)32)20(31)23(13,35)19(11)30/h4-6,9,13-14,17,26-28,31,35H,1-3H3,(H2,24,32)(H,33,34)/t6-,9+,13+,14-,17-,23-/m1/s1. The molecule has 4 rings (SSSR count). The minimum absolute atomic E-state index is 0.220. The number of benzene rings is 1. The third-order valence-electron chi connectivity index (χ3n) is 7.36. The number of nitrogens with two attached hydrogens (primary N) is 1. The molecular weight excluding hydrogens is 464 g/mol. The number of aromatic hydroxyl groups is 1. The van der Waals surface area contributed by atoms with Crippen molar-refractivity contribution in [3.05, 3.63) is 45.7 Å². The lowest BCUT2D eigenvalue weighted by Gasteiger charge is -2.53. The second-order valence-electron chi connectivity index (χ2n) is 9.28. The molecule has 1 aromatic rings. The maximum Gasteiger partial charge on any atom is 0.339 e. The molecule has 35 heavy (non-hydrogen) atoms. The van der Waals surface area contributed by atoms with Crippen LogP contribution in [0.25, 0.3) is 5.76 Å². The molecule has 0 radical (unpaired) electrons. The first-order valence-corrected chi connectivity index (χ1v) is 10.6. The molecule has 0 spiro atoms. The van der Waals surface area contributed by atoms with Gasteiger partial charge in [0.2, 0.25) is 5.78 Å². The lowest BCUT2D eigenvalue weighted by Crippen LogP contribution is -2.70. The molecule has 3 aliphatic carbocycles. The highest BCUT2D eigenvalue weighted by molar-refractivity contribution is 6.24. The van der Waals surface area contributed by atoms with E-state index >= 15 is 0 Å². The number of rotatable bonds is 3. The number of hydrogen-bond acceptors (Lipinski definition) is 10. The van der Waals surface area contributed by atoms with E-state index in [9.17, 15) is 49.8 Å². The number of aliphatic hydroxyl groups is 4. The maximum absolute atomic E-state index is 13.8. The van der Waals surface area contributed by atoms with Crippen LogP contribution in [0.5, 0.6) is 5.75 Å². The molecule has 0 unspecified atom stereocenters. The Labute approximate surface area is 198 Å². The van der Waals surface area contributed by atoms with Crippen molar-refractivity contribution in [1.29, 1.82) is 0 Å². The van der Waals surface area contributed by atoms with Crippen LogP contribution >= 0.6 is 0 Å². The monoisotopic (exact) mass is 488 g/mol. The van der Waals surface area contributed by atoms with Crippen LogP contribution in [0.2, 0.25) is 0 Å². The van der Waals surface area contributed by atoms with Gasteiger partial charge in [-0.25, -0.2) is 4.79 Å². The number of carbonyl (C=O) groups excluding carboxylic acids is 3. The van der Waals surface area contributed by atoms with Crippen LogP contribution in [0.4, 0.5) is 0 Å². The first-order chi connectivity index (χ1) is 16.2. The van der Waals surface area contributed by atoms with Crippen LogP contribution in [0, 0.1) is 11.8 Å². The van der Waals surface area contributed by atoms with Crippen molar-refractivity contribution in [3.8, 4) is 5.75 Å². The SMILES string of the molecule is C[C@@H]1c2ccc(C(=O)O)c(O)c2C(O)=C2C(=O)[C@@]3(O)C(O)=C(C(N)=O)C(=O)[C@H](N(C)C)[C@H]3[C@H](O)[C@H]21. The van der Waals surface area contributed by atoms with Gasteiger partial charge in [0.15, 0.2) is 11.4 Å². The zero-order valence-corrected chi connectivity index (χ0v) is 18.9. The fraction of sp³-hybridized carbons (Fsp3) is 0.391. The third-order valence-corrected chi connectivity index (χ3v) is 7.36. The minimum atomic E-state index is -3.02. The normalized spacial score (nSPS) is 32.3. The molecule has 1 saturated carbocycles. The van der Waals surface area contributed by atoms with E-state index in [1.807, 2.05) is 0 Å².